The predicted molar refractivity (Wildman–Crippen MR) is 72.0 cm³/mol. The molecule has 2 aromatic rings. The predicted octanol–water partition coefficient (Wildman–Crippen LogP) is 3.66. The molecule has 2 rings (SSSR count). The number of nitrogens with one attached hydrogen (secondary N) is 1. The van der Waals surface area contributed by atoms with Crippen molar-refractivity contribution in [2.75, 3.05) is 25.6 Å². The number of fused-ring (bicyclic) bond motifs is 1. The van der Waals surface area contributed by atoms with Gasteiger partial charge in [0.2, 0.25) is 0 Å². The van der Waals surface area contributed by atoms with Gasteiger partial charge in [-0.1, -0.05) is 40.2 Å². The maximum Gasteiger partial charge on any atom is 0.0635 e. The standard InChI is InChI=1S/C13H14BrNO/c1-16-9-8-15-13-7-6-12(14)10-4-2-3-5-11(10)13/h2-7,15H,8-9H2,1H3. The molecular weight excluding hydrogens is 266 g/mol. The summed E-state index contributed by atoms with van der Waals surface area (Å²) in [4.78, 5) is 0. The van der Waals surface area contributed by atoms with Crippen LogP contribution in [0.3, 0.4) is 0 Å². The van der Waals surface area contributed by atoms with Crippen LogP contribution < -0.4 is 5.32 Å². The molecule has 0 saturated heterocycles. The van der Waals surface area contributed by atoms with E-state index in [-0.39, 0.29) is 0 Å². The normalized spacial score (nSPS) is 10.6. The lowest BCUT2D eigenvalue weighted by atomic mass is 10.1. The monoisotopic (exact) mass is 279 g/mol. The molecule has 0 fully saturated rings. The van der Waals surface area contributed by atoms with E-state index in [1.54, 1.807) is 7.11 Å². The number of hydrogen-bond acceptors (Lipinski definition) is 2. The Morgan fingerprint density at radius 3 is 2.62 bits per heavy atom. The van der Waals surface area contributed by atoms with Gasteiger partial charge < -0.3 is 10.1 Å². The number of rotatable bonds is 4. The van der Waals surface area contributed by atoms with Gasteiger partial charge in [0.25, 0.3) is 0 Å². The molecule has 0 atom stereocenters. The molecule has 0 aliphatic heterocycles. The fourth-order valence-electron chi connectivity index (χ4n) is 1.70. The molecule has 0 aliphatic rings. The van der Waals surface area contributed by atoms with Gasteiger partial charge in [-0.2, -0.15) is 0 Å². The molecule has 1 N–H and O–H groups in total. The second-order valence-electron chi connectivity index (χ2n) is 3.56. The van der Waals surface area contributed by atoms with Crippen molar-refractivity contribution in [2.45, 2.75) is 0 Å². The topological polar surface area (TPSA) is 21.3 Å². The number of halogens is 1. The minimum atomic E-state index is 0.713. The minimum Gasteiger partial charge on any atom is -0.383 e. The lowest BCUT2D eigenvalue weighted by Crippen LogP contribution is -2.07. The number of benzene rings is 2. The van der Waals surface area contributed by atoms with Crippen molar-refractivity contribution in [2.24, 2.45) is 0 Å². The van der Waals surface area contributed by atoms with Crippen LogP contribution in [0.25, 0.3) is 10.8 Å². The molecule has 0 radical (unpaired) electrons. The molecule has 2 aromatic carbocycles. The molecule has 0 aromatic heterocycles. The molecule has 0 aliphatic carbocycles. The maximum absolute atomic E-state index is 5.03. The molecular formula is C13H14BrNO. The first kappa shape index (κ1) is 11.4. The highest BCUT2D eigenvalue weighted by molar-refractivity contribution is 9.10. The molecule has 0 amide bonds. The first-order chi connectivity index (χ1) is 7.83. The largest absolute Gasteiger partial charge is 0.383 e. The van der Waals surface area contributed by atoms with Crippen LogP contribution in [0.5, 0.6) is 0 Å². The average Bonchev–Trinajstić information content (AvgIpc) is 2.33. The zero-order chi connectivity index (χ0) is 11.4. The molecule has 0 unspecified atom stereocenters. The van der Waals surface area contributed by atoms with Gasteiger partial charge >= 0.3 is 0 Å². The summed E-state index contributed by atoms with van der Waals surface area (Å²) in [7, 11) is 1.71. The number of methoxy groups -OCH3 is 1. The van der Waals surface area contributed by atoms with Gasteiger partial charge in [-0.05, 0) is 17.5 Å². The second kappa shape index (κ2) is 5.32. The zero-order valence-electron chi connectivity index (χ0n) is 9.16. The molecule has 0 saturated carbocycles. The van der Waals surface area contributed by atoms with Gasteiger partial charge in [0, 0.05) is 29.2 Å². The summed E-state index contributed by atoms with van der Waals surface area (Å²) < 4.78 is 6.15. The Balaban J connectivity index is 2.35. The Bertz CT molecular complexity index is 484. The first-order valence-electron chi connectivity index (χ1n) is 5.23. The fraction of sp³-hybridized carbons (Fsp3) is 0.231. The minimum absolute atomic E-state index is 0.713. The van der Waals surface area contributed by atoms with Crippen LogP contribution in [-0.4, -0.2) is 20.3 Å². The number of anilines is 1. The third-order valence-corrected chi connectivity index (χ3v) is 3.18. The van der Waals surface area contributed by atoms with E-state index < -0.39 is 0 Å². The lowest BCUT2D eigenvalue weighted by Gasteiger charge is -2.10. The fourth-order valence-corrected chi connectivity index (χ4v) is 2.18. The van der Waals surface area contributed by atoms with Crippen LogP contribution in [-0.2, 0) is 4.74 Å². The smallest absolute Gasteiger partial charge is 0.0635 e. The summed E-state index contributed by atoms with van der Waals surface area (Å²) in [5.41, 5.74) is 1.15. The molecule has 2 nitrogen and oxygen atoms in total. The van der Waals surface area contributed by atoms with Crippen LogP contribution in [0.2, 0.25) is 0 Å². The number of ether oxygens (including phenoxy) is 1. The van der Waals surface area contributed by atoms with Gasteiger partial charge in [-0.3, -0.25) is 0 Å². The molecule has 3 heteroatoms. The highest BCUT2D eigenvalue weighted by Crippen LogP contribution is 2.29. The van der Waals surface area contributed by atoms with Crippen molar-refractivity contribution in [1.29, 1.82) is 0 Å². The van der Waals surface area contributed by atoms with Gasteiger partial charge in [0.15, 0.2) is 0 Å². The summed E-state index contributed by atoms with van der Waals surface area (Å²) in [6.45, 7) is 1.53. The van der Waals surface area contributed by atoms with E-state index in [2.05, 4.69) is 51.6 Å². The quantitative estimate of drug-likeness (QED) is 0.863. The summed E-state index contributed by atoms with van der Waals surface area (Å²) in [5, 5.41) is 5.83. The third-order valence-electron chi connectivity index (χ3n) is 2.49. The Kier molecular flexibility index (Phi) is 3.80. The van der Waals surface area contributed by atoms with Gasteiger partial charge in [0.05, 0.1) is 6.61 Å². The van der Waals surface area contributed by atoms with E-state index in [1.807, 2.05) is 6.07 Å². The summed E-state index contributed by atoms with van der Waals surface area (Å²) >= 11 is 3.56. The maximum atomic E-state index is 5.03. The SMILES string of the molecule is COCCNc1ccc(Br)c2ccccc12. The first-order valence-corrected chi connectivity index (χ1v) is 6.02. The molecule has 0 bridgehead atoms. The van der Waals surface area contributed by atoms with E-state index in [0.717, 1.165) is 16.7 Å². The Labute approximate surface area is 104 Å². The van der Waals surface area contributed by atoms with E-state index >= 15 is 0 Å². The zero-order valence-corrected chi connectivity index (χ0v) is 10.8. The van der Waals surface area contributed by atoms with Crippen LogP contribution in [0.4, 0.5) is 5.69 Å². The van der Waals surface area contributed by atoms with E-state index in [9.17, 15) is 0 Å². The molecule has 0 spiro atoms. The van der Waals surface area contributed by atoms with Crippen molar-refractivity contribution in [3.63, 3.8) is 0 Å². The summed E-state index contributed by atoms with van der Waals surface area (Å²) in [6.07, 6.45) is 0. The van der Waals surface area contributed by atoms with Crippen molar-refractivity contribution in [1.82, 2.24) is 0 Å². The Morgan fingerprint density at radius 2 is 1.88 bits per heavy atom. The van der Waals surface area contributed by atoms with E-state index in [0.29, 0.717) is 6.61 Å². The van der Waals surface area contributed by atoms with Gasteiger partial charge in [0.1, 0.15) is 0 Å². The van der Waals surface area contributed by atoms with Gasteiger partial charge in [-0.25, -0.2) is 0 Å². The third kappa shape index (κ3) is 2.36. The summed E-state index contributed by atoms with van der Waals surface area (Å²) in [6, 6.07) is 12.5. The number of hydrogen-bond donors (Lipinski definition) is 1. The van der Waals surface area contributed by atoms with Crippen molar-refractivity contribution in [3.8, 4) is 0 Å². The highest BCUT2D eigenvalue weighted by Gasteiger charge is 2.02. The van der Waals surface area contributed by atoms with E-state index in [1.165, 1.54) is 10.8 Å². The summed E-state index contributed by atoms with van der Waals surface area (Å²) in [5.74, 6) is 0. The lowest BCUT2D eigenvalue weighted by molar-refractivity contribution is 0.211. The Hall–Kier alpha value is -1.06. The van der Waals surface area contributed by atoms with Crippen molar-refractivity contribution < 1.29 is 4.74 Å². The van der Waals surface area contributed by atoms with Crippen molar-refractivity contribution >= 4 is 32.4 Å². The Morgan fingerprint density at radius 1 is 1.12 bits per heavy atom. The van der Waals surface area contributed by atoms with Crippen LogP contribution >= 0.6 is 15.9 Å². The average molecular weight is 280 g/mol. The van der Waals surface area contributed by atoms with Crippen LogP contribution in [0, 0.1) is 0 Å². The van der Waals surface area contributed by atoms with E-state index in [4.69, 9.17) is 4.74 Å². The van der Waals surface area contributed by atoms with Crippen LogP contribution in [0.15, 0.2) is 40.9 Å². The molecule has 16 heavy (non-hydrogen) atoms. The van der Waals surface area contributed by atoms with Crippen LogP contribution in [0.1, 0.15) is 0 Å². The van der Waals surface area contributed by atoms with Gasteiger partial charge in [-0.15, -0.1) is 0 Å². The van der Waals surface area contributed by atoms with Crippen molar-refractivity contribution in [3.05, 3.63) is 40.9 Å². The molecule has 84 valence electrons. The second-order valence-corrected chi connectivity index (χ2v) is 4.41. The molecule has 0 heterocycles. The highest BCUT2D eigenvalue weighted by atomic mass is 79.9.